The van der Waals surface area contributed by atoms with E-state index in [1.807, 2.05) is 0 Å². The summed E-state index contributed by atoms with van der Waals surface area (Å²) in [6.07, 6.45) is 2.31. The van der Waals surface area contributed by atoms with Gasteiger partial charge in [-0.3, -0.25) is 0 Å². The molecule has 6 heteroatoms. The van der Waals surface area contributed by atoms with Gasteiger partial charge in [-0.25, -0.2) is 9.38 Å². The first-order valence-electron chi connectivity index (χ1n) is 6.67. The Morgan fingerprint density at radius 1 is 1.60 bits per heavy atom. The van der Waals surface area contributed by atoms with Crippen molar-refractivity contribution in [3.8, 4) is 5.75 Å². The number of methoxy groups -OCH3 is 1. The summed E-state index contributed by atoms with van der Waals surface area (Å²) in [5, 5.41) is 2.99. The van der Waals surface area contributed by atoms with Crippen LogP contribution in [0.3, 0.4) is 0 Å². The second-order valence-electron chi connectivity index (χ2n) is 4.67. The zero-order valence-electron chi connectivity index (χ0n) is 11.6. The molecule has 0 radical (unpaired) electrons. The van der Waals surface area contributed by atoms with Crippen LogP contribution in [0.1, 0.15) is 18.4 Å². The van der Waals surface area contributed by atoms with Crippen molar-refractivity contribution in [3.63, 3.8) is 0 Å². The van der Waals surface area contributed by atoms with Crippen molar-refractivity contribution in [3.05, 3.63) is 29.6 Å². The Kier molecular flexibility index (Phi) is 5.17. The lowest BCUT2D eigenvalue weighted by atomic mass is 10.2. The van der Waals surface area contributed by atoms with E-state index in [0.29, 0.717) is 23.8 Å². The van der Waals surface area contributed by atoms with E-state index in [1.165, 1.54) is 13.2 Å². The summed E-state index contributed by atoms with van der Waals surface area (Å²) in [6.45, 7) is 1.64. The van der Waals surface area contributed by atoms with Gasteiger partial charge in [-0.1, -0.05) is 6.07 Å². The quantitative estimate of drug-likeness (QED) is 0.632. The fraction of sp³-hybridized carbons (Fsp3) is 0.500. The molecule has 0 amide bonds. The molecule has 20 heavy (non-hydrogen) atoms. The molecule has 110 valence electrons. The molecule has 0 saturated carbocycles. The number of ether oxygens (including phenoxy) is 2. The maximum Gasteiger partial charge on any atom is 0.189 e. The number of aliphatic imine (C=N–C) groups is 1. The molecule has 0 bridgehead atoms. The van der Waals surface area contributed by atoms with E-state index in [2.05, 4.69) is 10.3 Å². The van der Waals surface area contributed by atoms with E-state index in [9.17, 15) is 4.39 Å². The molecule has 1 heterocycles. The van der Waals surface area contributed by atoms with Crippen molar-refractivity contribution in [2.24, 2.45) is 10.7 Å². The highest BCUT2D eigenvalue weighted by atomic mass is 19.1. The maximum atomic E-state index is 13.7. The molecule has 1 atom stereocenters. The van der Waals surface area contributed by atoms with Gasteiger partial charge in [0.05, 0.1) is 19.8 Å². The number of nitrogens with zero attached hydrogens (tertiary/aromatic N) is 1. The summed E-state index contributed by atoms with van der Waals surface area (Å²) in [5.74, 6) is 0.440. The zero-order chi connectivity index (χ0) is 14.4. The monoisotopic (exact) mass is 281 g/mol. The molecular weight excluding hydrogens is 261 g/mol. The highest BCUT2D eigenvalue weighted by Crippen LogP contribution is 2.16. The number of hydrogen-bond donors (Lipinski definition) is 2. The van der Waals surface area contributed by atoms with Crippen LogP contribution in [-0.2, 0) is 11.3 Å². The molecule has 2 rings (SSSR count). The van der Waals surface area contributed by atoms with E-state index in [1.54, 1.807) is 12.1 Å². The minimum Gasteiger partial charge on any atom is -0.497 e. The topological polar surface area (TPSA) is 68.9 Å². The van der Waals surface area contributed by atoms with Gasteiger partial charge in [0.2, 0.25) is 0 Å². The largest absolute Gasteiger partial charge is 0.497 e. The van der Waals surface area contributed by atoms with Crippen LogP contribution in [-0.4, -0.2) is 32.3 Å². The van der Waals surface area contributed by atoms with E-state index in [0.717, 1.165) is 19.4 Å². The molecule has 1 aromatic rings. The normalized spacial score (nSPS) is 19.1. The van der Waals surface area contributed by atoms with Gasteiger partial charge in [0.15, 0.2) is 5.96 Å². The maximum absolute atomic E-state index is 13.7. The third-order valence-corrected chi connectivity index (χ3v) is 3.21. The van der Waals surface area contributed by atoms with E-state index in [-0.39, 0.29) is 18.5 Å². The molecule has 0 spiro atoms. The van der Waals surface area contributed by atoms with Crippen LogP contribution in [0, 0.1) is 5.82 Å². The standard InChI is InChI=1S/C14H20FN3O2/c1-19-11-5-4-10(13(15)7-11)8-17-14(16)18-9-12-3-2-6-20-12/h4-5,7,12H,2-3,6,8-9H2,1H3,(H3,16,17,18). The van der Waals surface area contributed by atoms with E-state index < -0.39 is 0 Å². The van der Waals surface area contributed by atoms with Gasteiger partial charge in [0, 0.05) is 24.8 Å². The zero-order valence-corrected chi connectivity index (χ0v) is 11.6. The molecule has 0 aliphatic carbocycles. The minimum atomic E-state index is -0.347. The first-order chi connectivity index (χ1) is 9.69. The fourth-order valence-corrected chi connectivity index (χ4v) is 2.03. The predicted molar refractivity (Wildman–Crippen MR) is 75.3 cm³/mol. The number of rotatable bonds is 5. The van der Waals surface area contributed by atoms with Crippen LogP contribution in [0.5, 0.6) is 5.75 Å². The van der Waals surface area contributed by atoms with Gasteiger partial charge >= 0.3 is 0 Å². The summed E-state index contributed by atoms with van der Waals surface area (Å²) in [7, 11) is 1.50. The second-order valence-corrected chi connectivity index (χ2v) is 4.67. The average molecular weight is 281 g/mol. The Morgan fingerprint density at radius 2 is 2.45 bits per heavy atom. The summed E-state index contributed by atoms with van der Waals surface area (Å²) in [6, 6.07) is 4.68. The summed E-state index contributed by atoms with van der Waals surface area (Å²) in [4.78, 5) is 4.12. The van der Waals surface area contributed by atoms with E-state index >= 15 is 0 Å². The number of nitrogens with one attached hydrogen (secondary N) is 1. The van der Waals surface area contributed by atoms with Gasteiger partial charge in [-0.15, -0.1) is 0 Å². The summed E-state index contributed by atoms with van der Waals surface area (Å²) in [5.41, 5.74) is 6.22. The molecule has 1 aliphatic rings. The molecule has 1 unspecified atom stereocenters. The Labute approximate surface area is 118 Å². The molecule has 1 fully saturated rings. The molecular formula is C14H20FN3O2. The van der Waals surface area contributed by atoms with Crippen LogP contribution in [0.15, 0.2) is 23.2 Å². The van der Waals surface area contributed by atoms with Crippen molar-refractivity contribution < 1.29 is 13.9 Å². The fourth-order valence-electron chi connectivity index (χ4n) is 2.03. The van der Waals surface area contributed by atoms with Gasteiger partial charge in [0.1, 0.15) is 11.6 Å². The molecule has 1 aliphatic heterocycles. The van der Waals surface area contributed by atoms with Crippen molar-refractivity contribution in [1.29, 1.82) is 0 Å². The van der Waals surface area contributed by atoms with Gasteiger partial charge in [-0.05, 0) is 18.9 Å². The first kappa shape index (κ1) is 14.6. The predicted octanol–water partition coefficient (Wildman–Crippen LogP) is 1.42. The molecule has 5 nitrogen and oxygen atoms in total. The average Bonchev–Trinajstić information content (AvgIpc) is 2.97. The van der Waals surface area contributed by atoms with Crippen LogP contribution in [0.2, 0.25) is 0 Å². The Hall–Kier alpha value is -1.82. The Bertz CT molecular complexity index is 473. The van der Waals surface area contributed by atoms with Crippen LogP contribution >= 0.6 is 0 Å². The van der Waals surface area contributed by atoms with Gasteiger partial charge in [-0.2, -0.15) is 0 Å². The minimum absolute atomic E-state index is 0.195. The smallest absolute Gasteiger partial charge is 0.189 e. The Balaban J connectivity index is 1.84. The highest BCUT2D eigenvalue weighted by molar-refractivity contribution is 5.77. The van der Waals surface area contributed by atoms with Gasteiger partial charge in [0.25, 0.3) is 0 Å². The molecule has 0 aromatic heterocycles. The summed E-state index contributed by atoms with van der Waals surface area (Å²) >= 11 is 0. The summed E-state index contributed by atoms with van der Waals surface area (Å²) < 4.78 is 24.1. The SMILES string of the molecule is COc1ccc(CN=C(N)NCC2CCCO2)c(F)c1. The van der Waals surface area contributed by atoms with Crippen molar-refractivity contribution in [2.45, 2.75) is 25.5 Å². The molecule has 3 N–H and O–H groups in total. The van der Waals surface area contributed by atoms with Crippen LogP contribution in [0.25, 0.3) is 0 Å². The lowest BCUT2D eigenvalue weighted by Gasteiger charge is -2.11. The lowest BCUT2D eigenvalue weighted by molar-refractivity contribution is 0.114. The van der Waals surface area contributed by atoms with E-state index in [4.69, 9.17) is 15.2 Å². The number of benzene rings is 1. The second kappa shape index (κ2) is 7.09. The molecule has 1 saturated heterocycles. The van der Waals surface area contributed by atoms with Gasteiger partial charge < -0.3 is 20.5 Å². The number of guanidine groups is 1. The number of nitrogens with two attached hydrogens (primary N) is 1. The third-order valence-electron chi connectivity index (χ3n) is 3.21. The Morgan fingerprint density at radius 3 is 3.10 bits per heavy atom. The third kappa shape index (κ3) is 4.09. The highest BCUT2D eigenvalue weighted by Gasteiger charge is 2.14. The van der Waals surface area contributed by atoms with Crippen LogP contribution < -0.4 is 15.8 Å². The lowest BCUT2D eigenvalue weighted by Crippen LogP contribution is -2.37. The first-order valence-corrected chi connectivity index (χ1v) is 6.67. The van der Waals surface area contributed by atoms with Crippen LogP contribution in [0.4, 0.5) is 4.39 Å². The number of hydrogen-bond acceptors (Lipinski definition) is 3. The molecule has 1 aromatic carbocycles. The van der Waals surface area contributed by atoms with Crippen molar-refractivity contribution >= 4 is 5.96 Å². The van der Waals surface area contributed by atoms with Crippen molar-refractivity contribution in [1.82, 2.24) is 5.32 Å². The number of halogens is 1. The van der Waals surface area contributed by atoms with Crippen molar-refractivity contribution in [2.75, 3.05) is 20.3 Å².